The van der Waals surface area contributed by atoms with Crippen LogP contribution in [-0.4, -0.2) is 4.98 Å². The Kier molecular flexibility index (Phi) is 3.35. The van der Waals surface area contributed by atoms with Gasteiger partial charge in [-0.15, -0.1) is 0 Å². The number of fused-ring (bicyclic) bond motifs is 2. The Labute approximate surface area is 122 Å². The van der Waals surface area contributed by atoms with Gasteiger partial charge in [-0.2, -0.15) is 0 Å². The molecule has 0 radical (unpaired) electrons. The molecule has 0 aliphatic rings. The quantitative estimate of drug-likeness (QED) is 0.451. The SMILES string of the molecule is BrCc1ccc2nc3ccccc3c(CBr)c2c1. The largest absolute Gasteiger partial charge is 0.248 e. The molecule has 1 nitrogen and oxygen atoms in total. The minimum atomic E-state index is 0.846. The lowest BCUT2D eigenvalue weighted by Crippen LogP contribution is -1.91. The zero-order valence-corrected chi connectivity index (χ0v) is 12.8. The van der Waals surface area contributed by atoms with Gasteiger partial charge in [0.05, 0.1) is 11.0 Å². The summed E-state index contributed by atoms with van der Waals surface area (Å²) >= 11 is 7.11. The van der Waals surface area contributed by atoms with Crippen molar-refractivity contribution in [3.63, 3.8) is 0 Å². The third-order valence-electron chi connectivity index (χ3n) is 3.14. The fraction of sp³-hybridized carbons (Fsp3) is 0.133. The lowest BCUT2D eigenvalue weighted by atomic mass is 10.0. The van der Waals surface area contributed by atoms with Crippen LogP contribution in [0.15, 0.2) is 42.5 Å². The van der Waals surface area contributed by atoms with E-state index in [0.717, 1.165) is 21.7 Å². The van der Waals surface area contributed by atoms with Crippen molar-refractivity contribution >= 4 is 53.7 Å². The Balaban J connectivity index is 2.46. The monoisotopic (exact) mass is 363 g/mol. The second-order valence-corrected chi connectivity index (χ2v) is 5.35. The average Bonchev–Trinajstić information content (AvgIpc) is 2.44. The van der Waals surface area contributed by atoms with Crippen LogP contribution in [0.25, 0.3) is 21.8 Å². The van der Waals surface area contributed by atoms with Gasteiger partial charge in [0.15, 0.2) is 0 Å². The summed E-state index contributed by atoms with van der Waals surface area (Å²) in [5, 5.41) is 4.19. The van der Waals surface area contributed by atoms with E-state index in [0.29, 0.717) is 0 Å². The van der Waals surface area contributed by atoms with Crippen LogP contribution in [0.5, 0.6) is 0 Å². The zero-order chi connectivity index (χ0) is 12.5. The van der Waals surface area contributed by atoms with Crippen molar-refractivity contribution in [2.45, 2.75) is 10.7 Å². The number of aromatic nitrogens is 1. The third kappa shape index (κ3) is 1.95. The molecule has 0 bridgehead atoms. The Morgan fingerprint density at radius 2 is 1.61 bits per heavy atom. The molecular formula is C15H11Br2N. The number of alkyl halides is 2. The van der Waals surface area contributed by atoms with Crippen LogP contribution in [0.4, 0.5) is 0 Å². The fourth-order valence-electron chi connectivity index (χ4n) is 2.25. The van der Waals surface area contributed by atoms with Gasteiger partial charge in [-0.1, -0.05) is 56.1 Å². The van der Waals surface area contributed by atoms with Crippen molar-refractivity contribution < 1.29 is 0 Å². The van der Waals surface area contributed by atoms with Crippen molar-refractivity contribution in [2.75, 3.05) is 0 Å². The number of nitrogens with zero attached hydrogens (tertiary/aromatic N) is 1. The molecule has 0 N–H and O–H groups in total. The third-order valence-corrected chi connectivity index (χ3v) is 4.35. The molecular weight excluding hydrogens is 354 g/mol. The van der Waals surface area contributed by atoms with E-state index in [2.05, 4.69) is 68.3 Å². The summed E-state index contributed by atoms with van der Waals surface area (Å²) < 4.78 is 0. The smallest absolute Gasteiger partial charge is 0.0713 e. The predicted molar refractivity (Wildman–Crippen MR) is 84.5 cm³/mol. The maximum absolute atomic E-state index is 4.73. The molecule has 0 saturated heterocycles. The van der Waals surface area contributed by atoms with Crippen LogP contribution >= 0.6 is 31.9 Å². The summed E-state index contributed by atoms with van der Waals surface area (Å²) in [4.78, 5) is 4.73. The minimum absolute atomic E-state index is 0.846. The first-order valence-corrected chi connectivity index (χ1v) is 8.00. The highest BCUT2D eigenvalue weighted by Crippen LogP contribution is 2.28. The van der Waals surface area contributed by atoms with Crippen LogP contribution < -0.4 is 0 Å². The maximum atomic E-state index is 4.73. The van der Waals surface area contributed by atoms with Crippen molar-refractivity contribution in [3.8, 4) is 0 Å². The lowest BCUT2D eigenvalue weighted by molar-refractivity contribution is 1.40. The molecule has 1 aromatic heterocycles. The van der Waals surface area contributed by atoms with Crippen molar-refractivity contribution in [2.24, 2.45) is 0 Å². The molecule has 0 aliphatic heterocycles. The molecule has 2 aromatic carbocycles. The Hall–Kier alpha value is -0.930. The Bertz CT molecular complexity index is 722. The van der Waals surface area contributed by atoms with Crippen molar-refractivity contribution in [1.29, 1.82) is 0 Å². The van der Waals surface area contributed by atoms with E-state index in [1.807, 2.05) is 6.07 Å². The highest BCUT2D eigenvalue weighted by molar-refractivity contribution is 9.08. The normalized spacial score (nSPS) is 11.2. The number of benzene rings is 2. The molecule has 0 spiro atoms. The van der Waals surface area contributed by atoms with Gasteiger partial charge < -0.3 is 0 Å². The van der Waals surface area contributed by atoms with Gasteiger partial charge in [-0.25, -0.2) is 4.98 Å². The summed E-state index contributed by atoms with van der Waals surface area (Å²) in [7, 11) is 0. The highest BCUT2D eigenvalue weighted by atomic mass is 79.9. The van der Waals surface area contributed by atoms with Gasteiger partial charge in [-0.05, 0) is 29.3 Å². The second kappa shape index (κ2) is 4.98. The summed E-state index contributed by atoms with van der Waals surface area (Å²) in [6.07, 6.45) is 0. The minimum Gasteiger partial charge on any atom is -0.248 e. The molecule has 1 heterocycles. The average molecular weight is 365 g/mol. The topological polar surface area (TPSA) is 12.9 Å². The standard InChI is InChI=1S/C15H11Br2N/c16-8-10-5-6-15-12(7-10)13(9-17)11-3-1-2-4-14(11)18-15/h1-7H,8-9H2. The molecule has 3 aromatic rings. The number of para-hydroxylation sites is 1. The van der Waals surface area contributed by atoms with Crippen molar-refractivity contribution in [1.82, 2.24) is 4.98 Å². The van der Waals surface area contributed by atoms with E-state index < -0.39 is 0 Å². The van der Waals surface area contributed by atoms with E-state index in [4.69, 9.17) is 4.98 Å². The summed E-state index contributed by atoms with van der Waals surface area (Å²) in [5.74, 6) is 0. The number of hydrogen-bond donors (Lipinski definition) is 0. The summed E-state index contributed by atoms with van der Waals surface area (Å²) in [6, 6.07) is 14.8. The van der Waals surface area contributed by atoms with Gasteiger partial charge in [0, 0.05) is 21.4 Å². The van der Waals surface area contributed by atoms with Crippen molar-refractivity contribution in [3.05, 3.63) is 53.6 Å². The van der Waals surface area contributed by atoms with Gasteiger partial charge in [0.2, 0.25) is 0 Å². The Morgan fingerprint density at radius 1 is 0.833 bits per heavy atom. The lowest BCUT2D eigenvalue weighted by Gasteiger charge is -2.09. The van der Waals surface area contributed by atoms with E-state index >= 15 is 0 Å². The number of rotatable bonds is 2. The molecule has 18 heavy (non-hydrogen) atoms. The van der Waals surface area contributed by atoms with Crippen LogP contribution in [0, 0.1) is 0 Å². The van der Waals surface area contributed by atoms with Crippen LogP contribution in [0.1, 0.15) is 11.1 Å². The van der Waals surface area contributed by atoms with Crippen LogP contribution in [-0.2, 0) is 10.7 Å². The first kappa shape index (κ1) is 12.1. The molecule has 0 aliphatic carbocycles. The fourth-order valence-corrected chi connectivity index (χ4v) is 3.20. The molecule has 0 unspecified atom stereocenters. The van der Waals surface area contributed by atoms with E-state index in [1.54, 1.807) is 0 Å². The van der Waals surface area contributed by atoms with Gasteiger partial charge in [0.25, 0.3) is 0 Å². The van der Waals surface area contributed by atoms with Gasteiger partial charge >= 0.3 is 0 Å². The van der Waals surface area contributed by atoms with E-state index in [-0.39, 0.29) is 0 Å². The van der Waals surface area contributed by atoms with E-state index in [1.165, 1.54) is 21.9 Å². The van der Waals surface area contributed by atoms with Crippen LogP contribution in [0.3, 0.4) is 0 Å². The summed E-state index contributed by atoms with van der Waals surface area (Å²) in [5.41, 5.74) is 4.72. The molecule has 3 heteroatoms. The number of halogens is 2. The maximum Gasteiger partial charge on any atom is 0.0713 e. The molecule has 0 saturated carbocycles. The zero-order valence-electron chi connectivity index (χ0n) is 9.66. The van der Waals surface area contributed by atoms with Crippen LogP contribution in [0.2, 0.25) is 0 Å². The summed E-state index contributed by atoms with van der Waals surface area (Å²) in [6.45, 7) is 0. The van der Waals surface area contributed by atoms with Gasteiger partial charge in [0.1, 0.15) is 0 Å². The predicted octanol–water partition coefficient (Wildman–Crippen LogP) is 5.18. The molecule has 0 fully saturated rings. The molecule has 90 valence electrons. The second-order valence-electron chi connectivity index (χ2n) is 4.23. The highest BCUT2D eigenvalue weighted by Gasteiger charge is 2.08. The van der Waals surface area contributed by atoms with E-state index in [9.17, 15) is 0 Å². The Morgan fingerprint density at radius 3 is 2.39 bits per heavy atom. The first-order chi connectivity index (χ1) is 8.83. The molecule has 3 rings (SSSR count). The van der Waals surface area contributed by atoms with Gasteiger partial charge in [-0.3, -0.25) is 0 Å². The number of hydrogen-bond acceptors (Lipinski definition) is 1. The first-order valence-electron chi connectivity index (χ1n) is 5.75. The molecule has 0 amide bonds. The molecule has 0 atom stereocenters. The number of pyridine rings is 1.